The average molecular weight is 716 g/mol. The Balaban J connectivity index is 1.38. The van der Waals surface area contributed by atoms with Crippen molar-refractivity contribution in [3.05, 3.63) is 38.2 Å². The van der Waals surface area contributed by atoms with Gasteiger partial charge in [-0.05, 0) is 88.4 Å². The van der Waals surface area contributed by atoms with Crippen LogP contribution in [0.15, 0.2) is 25.8 Å². The van der Waals surface area contributed by atoms with E-state index in [-0.39, 0.29) is 50.8 Å². The van der Waals surface area contributed by atoms with Crippen molar-refractivity contribution in [2.45, 2.75) is 117 Å². The van der Waals surface area contributed by atoms with Gasteiger partial charge in [-0.15, -0.1) is 0 Å². The van der Waals surface area contributed by atoms with Crippen LogP contribution in [0.2, 0.25) is 0 Å². The number of fused-ring (bicyclic) bond motifs is 7. The molecule has 2 aromatic rings. The van der Waals surface area contributed by atoms with Gasteiger partial charge in [-0.1, -0.05) is 27.7 Å². The van der Waals surface area contributed by atoms with Gasteiger partial charge in [0.2, 0.25) is 16.6 Å². The van der Waals surface area contributed by atoms with Gasteiger partial charge in [0.05, 0.1) is 21.8 Å². The summed E-state index contributed by atoms with van der Waals surface area (Å²) >= 11 is 3.30. The lowest BCUT2D eigenvalue weighted by Gasteiger charge is -2.45. The molecule has 4 fully saturated rings. The first-order valence-electron chi connectivity index (χ1n) is 16.0. The fourth-order valence-corrected chi connectivity index (χ4v) is 9.01. The highest BCUT2D eigenvalue weighted by molar-refractivity contribution is 9.10. The predicted molar refractivity (Wildman–Crippen MR) is 168 cm³/mol. The molecule has 7 rings (SSSR count). The number of benzene rings is 1. The van der Waals surface area contributed by atoms with E-state index in [0.29, 0.717) is 12.8 Å². The second-order valence-electron chi connectivity index (χ2n) is 15.9. The minimum atomic E-state index is -1.60. The van der Waals surface area contributed by atoms with Crippen LogP contribution in [0.3, 0.4) is 0 Å². The maximum Gasteiger partial charge on any atom is 0.351 e. The summed E-state index contributed by atoms with van der Waals surface area (Å²) in [4.78, 5) is 68.3. The van der Waals surface area contributed by atoms with Crippen molar-refractivity contribution in [1.29, 1.82) is 0 Å². The van der Waals surface area contributed by atoms with Crippen LogP contribution in [-0.2, 0) is 38.1 Å². The van der Waals surface area contributed by atoms with Crippen molar-refractivity contribution in [3.8, 4) is 5.75 Å². The number of rotatable bonds is 4. The molecule has 0 amide bonds. The number of hydrogen-bond donors (Lipinski definition) is 0. The van der Waals surface area contributed by atoms with Crippen molar-refractivity contribution >= 4 is 50.8 Å². The van der Waals surface area contributed by atoms with Crippen molar-refractivity contribution < 1.29 is 47.3 Å². The van der Waals surface area contributed by atoms with E-state index in [1.807, 2.05) is 27.7 Å². The minimum Gasteiger partial charge on any atom is -0.483 e. The van der Waals surface area contributed by atoms with Gasteiger partial charge in [-0.2, -0.15) is 0 Å². The highest BCUT2D eigenvalue weighted by atomic mass is 79.9. The summed E-state index contributed by atoms with van der Waals surface area (Å²) in [5, 5.41) is 0.186. The van der Waals surface area contributed by atoms with Gasteiger partial charge >= 0.3 is 23.9 Å². The quantitative estimate of drug-likeness (QED) is 0.281. The van der Waals surface area contributed by atoms with Gasteiger partial charge < -0.3 is 28.1 Å². The van der Waals surface area contributed by atoms with E-state index >= 15 is 0 Å². The van der Waals surface area contributed by atoms with Gasteiger partial charge in [-0.25, -0.2) is 9.59 Å². The highest BCUT2D eigenvalue weighted by Gasteiger charge is 2.78. The first kappa shape index (κ1) is 32.2. The van der Waals surface area contributed by atoms with E-state index < -0.39 is 74.5 Å². The third kappa shape index (κ3) is 3.55. The number of carbonyl (C=O) groups is 4. The van der Waals surface area contributed by atoms with Crippen LogP contribution in [0.4, 0.5) is 0 Å². The summed E-state index contributed by atoms with van der Waals surface area (Å²) in [6.07, 6.45) is -1.33. The Bertz CT molecular complexity index is 1890. The number of carbonyl (C=O) groups excluding carboxylic acids is 4. The predicted octanol–water partition coefficient (Wildman–Crippen LogP) is 5.77. The topological polar surface area (TPSA) is 145 Å². The highest BCUT2D eigenvalue weighted by Crippen LogP contribution is 2.67. The molecule has 4 heterocycles. The molecule has 2 aliphatic carbocycles. The molecule has 0 unspecified atom stereocenters. The maximum atomic E-state index is 14.5. The van der Waals surface area contributed by atoms with Crippen LogP contribution < -0.4 is 10.2 Å². The van der Waals surface area contributed by atoms with Gasteiger partial charge in [0.25, 0.3) is 0 Å². The molecule has 0 spiro atoms. The largest absolute Gasteiger partial charge is 0.483 e. The fraction of sp³-hybridized carbons (Fsp3) is 0.629. The Labute approximate surface area is 280 Å². The molecule has 5 aliphatic rings. The molecule has 11 nitrogen and oxygen atoms in total. The number of hydrogen-bond acceptors (Lipinski definition) is 11. The number of halogens is 1. The number of esters is 4. The summed E-state index contributed by atoms with van der Waals surface area (Å²) in [6, 6.07) is 3.15. The Kier molecular flexibility index (Phi) is 6.28. The molecule has 2 saturated heterocycles. The van der Waals surface area contributed by atoms with Gasteiger partial charge in [0, 0.05) is 10.8 Å². The first-order chi connectivity index (χ1) is 21.6. The van der Waals surface area contributed by atoms with Crippen molar-refractivity contribution in [1.82, 2.24) is 0 Å². The molecule has 1 aromatic heterocycles. The smallest absolute Gasteiger partial charge is 0.351 e. The molecule has 252 valence electrons. The van der Waals surface area contributed by atoms with Crippen molar-refractivity contribution in [2.24, 2.45) is 21.7 Å². The minimum absolute atomic E-state index is 0.0956. The second kappa shape index (κ2) is 9.18. The molecular weight excluding hydrogens is 676 g/mol. The maximum absolute atomic E-state index is 14.5. The van der Waals surface area contributed by atoms with E-state index in [9.17, 15) is 24.0 Å². The van der Waals surface area contributed by atoms with Crippen molar-refractivity contribution in [3.63, 3.8) is 0 Å². The first-order valence-corrected chi connectivity index (χ1v) is 16.8. The third-order valence-corrected chi connectivity index (χ3v) is 14.0. The van der Waals surface area contributed by atoms with E-state index in [0.717, 1.165) is 0 Å². The molecule has 0 N–H and O–H groups in total. The number of aryl methyl sites for hydroxylation is 1. The molecule has 3 aliphatic heterocycles. The van der Waals surface area contributed by atoms with Crippen LogP contribution in [0, 0.1) is 28.6 Å². The summed E-state index contributed by atoms with van der Waals surface area (Å²) in [7, 11) is 0. The zero-order valence-electron chi connectivity index (χ0n) is 28.0. The molecular formula is C35H39BrO11. The summed E-state index contributed by atoms with van der Waals surface area (Å²) < 4.78 is 37.2. The summed E-state index contributed by atoms with van der Waals surface area (Å²) in [5.74, 6) is -2.01. The van der Waals surface area contributed by atoms with E-state index in [1.165, 1.54) is 0 Å². The SMILES string of the molecule is Cc1oc2c3c(ccc2c(=O)c1Br)OC(C)(C)[C@H](OC(=O)[C@@]12CC[C@@](C)(C(=O)O1)C2(C)C)[C@@H]3OC(=O)[C@@]12CC[C@@](C)(C(=O)O1)C2(C)C. The molecule has 2 saturated carbocycles. The van der Waals surface area contributed by atoms with Crippen LogP contribution in [0.5, 0.6) is 5.75 Å². The standard InChI is InChI=1S/C35H39BrO11/c1-16-20(36)21(37)17-10-11-18-19(22(17)42-16)23(43-27(40)34-14-12-32(8,25(38)46-34)30(34,4)5)24(29(2,3)45-18)44-28(41)35-15-13-33(9,26(39)47-35)31(35,6)7/h10-11,23-24H,12-15H2,1-9H3/t23-,24-,32+,33+,34-,35-/m1/s1. The second-order valence-corrected chi connectivity index (χ2v) is 16.7. The zero-order valence-corrected chi connectivity index (χ0v) is 29.6. The molecule has 47 heavy (non-hydrogen) atoms. The van der Waals surface area contributed by atoms with Gasteiger partial charge in [0.15, 0.2) is 12.2 Å². The molecule has 12 heteroatoms. The van der Waals surface area contributed by atoms with Gasteiger partial charge in [-0.3, -0.25) is 14.4 Å². The lowest BCUT2D eigenvalue weighted by atomic mass is 9.66. The Morgan fingerprint density at radius 3 is 1.74 bits per heavy atom. The monoisotopic (exact) mass is 714 g/mol. The van der Waals surface area contributed by atoms with E-state index in [2.05, 4.69) is 15.9 Å². The Hall–Kier alpha value is -3.41. The van der Waals surface area contributed by atoms with E-state index in [4.69, 9.17) is 28.1 Å². The normalized spacial score (nSPS) is 36.8. The molecule has 0 radical (unpaired) electrons. The lowest BCUT2D eigenvalue weighted by molar-refractivity contribution is -0.217. The van der Waals surface area contributed by atoms with E-state index in [1.54, 1.807) is 46.8 Å². The summed E-state index contributed by atoms with van der Waals surface area (Å²) in [5.41, 5.74) is -8.17. The number of ether oxygens (including phenoxy) is 5. The van der Waals surface area contributed by atoms with Crippen LogP contribution in [0.1, 0.15) is 98.5 Å². The fourth-order valence-electron chi connectivity index (χ4n) is 8.71. The molecule has 4 bridgehead atoms. The van der Waals surface area contributed by atoms with Crippen LogP contribution in [-0.4, -0.2) is 46.8 Å². The Morgan fingerprint density at radius 1 is 0.766 bits per heavy atom. The molecule has 6 atom stereocenters. The van der Waals surface area contributed by atoms with Crippen LogP contribution in [0.25, 0.3) is 11.0 Å². The third-order valence-electron chi connectivity index (χ3n) is 13.1. The van der Waals surface area contributed by atoms with Gasteiger partial charge in [0.1, 0.15) is 27.2 Å². The van der Waals surface area contributed by atoms with Crippen molar-refractivity contribution in [2.75, 3.05) is 0 Å². The summed E-state index contributed by atoms with van der Waals surface area (Å²) in [6.45, 7) is 15.8. The Morgan fingerprint density at radius 2 is 1.28 bits per heavy atom. The lowest BCUT2D eigenvalue weighted by Crippen LogP contribution is -2.57. The zero-order chi connectivity index (χ0) is 34.5. The van der Waals surface area contributed by atoms with Crippen LogP contribution >= 0.6 is 15.9 Å². The molecule has 1 aromatic carbocycles. The average Bonchev–Trinajstić information content (AvgIpc) is 3.45.